The molecule has 0 spiro atoms. The molecule has 112 valence electrons. The number of methoxy groups -OCH3 is 1. The van der Waals surface area contributed by atoms with E-state index in [0.717, 1.165) is 38.4 Å². The normalized spacial score (nSPS) is 12.2. The zero-order chi connectivity index (χ0) is 15.4. The number of halogens is 2. The molecule has 2 aromatic carbocycles. The summed E-state index contributed by atoms with van der Waals surface area (Å²) < 4.78 is 6.18. The van der Waals surface area contributed by atoms with Gasteiger partial charge in [-0.15, -0.1) is 0 Å². The summed E-state index contributed by atoms with van der Waals surface area (Å²) in [5, 5.41) is 0.753. The van der Waals surface area contributed by atoms with Crippen LogP contribution in [0.25, 0.3) is 0 Å². The standard InChI is InChI=1S/C16H18BrClN2O/c1-10-12(4-3-5-14(10)18)15(20-19)9-11-6-7-16(21-2)13(17)8-11/h3-8,15,20H,9,19H2,1-2H3. The lowest BCUT2D eigenvalue weighted by molar-refractivity contribution is 0.412. The summed E-state index contributed by atoms with van der Waals surface area (Å²) in [6.45, 7) is 2.01. The maximum atomic E-state index is 6.19. The Balaban J connectivity index is 2.27. The predicted octanol–water partition coefficient (Wildman–Crippen LogP) is 4.17. The summed E-state index contributed by atoms with van der Waals surface area (Å²) >= 11 is 9.69. The van der Waals surface area contributed by atoms with Crippen molar-refractivity contribution in [1.82, 2.24) is 5.43 Å². The third-order valence-corrected chi connectivity index (χ3v) is 4.57. The summed E-state index contributed by atoms with van der Waals surface area (Å²) in [6, 6.07) is 11.9. The van der Waals surface area contributed by atoms with E-state index in [1.807, 2.05) is 43.3 Å². The van der Waals surface area contributed by atoms with Crippen molar-refractivity contribution in [2.75, 3.05) is 7.11 Å². The first-order chi connectivity index (χ1) is 10.1. The fourth-order valence-electron chi connectivity index (χ4n) is 2.33. The van der Waals surface area contributed by atoms with Gasteiger partial charge in [-0.3, -0.25) is 11.3 Å². The van der Waals surface area contributed by atoms with E-state index in [2.05, 4.69) is 21.4 Å². The second-order valence-electron chi connectivity index (χ2n) is 4.85. The fourth-order valence-corrected chi connectivity index (χ4v) is 3.10. The molecule has 0 saturated carbocycles. The summed E-state index contributed by atoms with van der Waals surface area (Å²) in [4.78, 5) is 0. The Morgan fingerprint density at radius 1 is 1.33 bits per heavy atom. The van der Waals surface area contributed by atoms with Crippen LogP contribution in [-0.2, 0) is 6.42 Å². The maximum Gasteiger partial charge on any atom is 0.133 e. The highest BCUT2D eigenvalue weighted by Gasteiger charge is 2.15. The molecule has 0 amide bonds. The van der Waals surface area contributed by atoms with Crippen molar-refractivity contribution >= 4 is 27.5 Å². The number of rotatable bonds is 5. The third-order valence-electron chi connectivity index (χ3n) is 3.54. The molecule has 0 aliphatic carbocycles. The zero-order valence-corrected chi connectivity index (χ0v) is 14.3. The molecular weight excluding hydrogens is 352 g/mol. The topological polar surface area (TPSA) is 47.3 Å². The Bertz CT molecular complexity index is 634. The van der Waals surface area contributed by atoms with Crippen LogP contribution in [0, 0.1) is 6.92 Å². The maximum absolute atomic E-state index is 6.19. The Morgan fingerprint density at radius 3 is 2.71 bits per heavy atom. The van der Waals surface area contributed by atoms with Crippen LogP contribution < -0.4 is 16.0 Å². The van der Waals surface area contributed by atoms with Gasteiger partial charge in [-0.05, 0) is 64.2 Å². The molecule has 0 aliphatic heterocycles. The smallest absolute Gasteiger partial charge is 0.133 e. The Morgan fingerprint density at radius 2 is 2.10 bits per heavy atom. The van der Waals surface area contributed by atoms with Crippen LogP contribution in [0.15, 0.2) is 40.9 Å². The van der Waals surface area contributed by atoms with E-state index < -0.39 is 0 Å². The number of hydrazine groups is 1. The highest BCUT2D eigenvalue weighted by atomic mass is 79.9. The number of benzene rings is 2. The first-order valence-corrected chi connectivity index (χ1v) is 7.77. The zero-order valence-electron chi connectivity index (χ0n) is 12.0. The number of hydrogen-bond donors (Lipinski definition) is 2. The van der Waals surface area contributed by atoms with E-state index in [4.69, 9.17) is 22.2 Å². The number of nitrogens with two attached hydrogens (primary N) is 1. The van der Waals surface area contributed by atoms with Gasteiger partial charge >= 0.3 is 0 Å². The number of ether oxygens (including phenoxy) is 1. The van der Waals surface area contributed by atoms with E-state index >= 15 is 0 Å². The minimum Gasteiger partial charge on any atom is -0.496 e. The molecule has 0 bridgehead atoms. The average Bonchev–Trinajstić information content (AvgIpc) is 2.48. The number of hydrogen-bond acceptors (Lipinski definition) is 3. The molecule has 2 aromatic rings. The van der Waals surface area contributed by atoms with Gasteiger partial charge in [0, 0.05) is 5.02 Å². The first kappa shape index (κ1) is 16.3. The molecule has 1 unspecified atom stereocenters. The summed E-state index contributed by atoms with van der Waals surface area (Å²) in [7, 11) is 1.65. The monoisotopic (exact) mass is 368 g/mol. The highest BCUT2D eigenvalue weighted by molar-refractivity contribution is 9.10. The van der Waals surface area contributed by atoms with Crippen LogP contribution in [0.2, 0.25) is 5.02 Å². The Kier molecular flexibility index (Phi) is 5.65. The molecule has 0 radical (unpaired) electrons. The molecule has 3 nitrogen and oxygen atoms in total. The van der Waals surface area contributed by atoms with Crippen molar-refractivity contribution in [1.29, 1.82) is 0 Å². The lowest BCUT2D eigenvalue weighted by atomic mass is 9.96. The molecule has 0 aromatic heterocycles. The molecule has 0 aliphatic rings. The van der Waals surface area contributed by atoms with Crippen molar-refractivity contribution in [3.63, 3.8) is 0 Å². The first-order valence-electron chi connectivity index (χ1n) is 6.60. The second-order valence-corrected chi connectivity index (χ2v) is 6.11. The second kappa shape index (κ2) is 7.27. The summed E-state index contributed by atoms with van der Waals surface area (Å²) in [5.74, 6) is 6.55. The minimum atomic E-state index is 0.00370. The van der Waals surface area contributed by atoms with Gasteiger partial charge in [0.05, 0.1) is 17.6 Å². The molecule has 0 saturated heterocycles. The molecule has 1 atom stereocenters. The molecule has 5 heteroatoms. The molecule has 0 heterocycles. The molecular formula is C16H18BrClN2O. The third kappa shape index (κ3) is 3.77. The van der Waals surface area contributed by atoms with Gasteiger partial charge in [0.2, 0.25) is 0 Å². The van der Waals surface area contributed by atoms with E-state index in [0.29, 0.717) is 0 Å². The van der Waals surface area contributed by atoms with Crippen LogP contribution in [-0.4, -0.2) is 7.11 Å². The van der Waals surface area contributed by atoms with Crippen LogP contribution in [0.3, 0.4) is 0 Å². The average molecular weight is 370 g/mol. The largest absolute Gasteiger partial charge is 0.496 e. The van der Waals surface area contributed by atoms with Crippen molar-refractivity contribution < 1.29 is 4.74 Å². The van der Waals surface area contributed by atoms with Gasteiger partial charge in [0.15, 0.2) is 0 Å². The van der Waals surface area contributed by atoms with Gasteiger partial charge < -0.3 is 4.74 Å². The van der Waals surface area contributed by atoms with E-state index in [1.165, 1.54) is 0 Å². The molecule has 3 N–H and O–H groups in total. The van der Waals surface area contributed by atoms with Crippen molar-refractivity contribution in [2.24, 2.45) is 5.84 Å². The van der Waals surface area contributed by atoms with Crippen LogP contribution >= 0.6 is 27.5 Å². The van der Waals surface area contributed by atoms with Gasteiger partial charge in [-0.1, -0.05) is 29.8 Å². The predicted molar refractivity (Wildman–Crippen MR) is 90.7 cm³/mol. The van der Waals surface area contributed by atoms with Crippen LogP contribution in [0.1, 0.15) is 22.7 Å². The van der Waals surface area contributed by atoms with E-state index in [9.17, 15) is 0 Å². The minimum absolute atomic E-state index is 0.00370. The van der Waals surface area contributed by atoms with Gasteiger partial charge in [0.1, 0.15) is 5.75 Å². The van der Waals surface area contributed by atoms with E-state index in [-0.39, 0.29) is 6.04 Å². The molecule has 21 heavy (non-hydrogen) atoms. The Labute approximate surface area is 138 Å². The lowest BCUT2D eigenvalue weighted by Gasteiger charge is -2.19. The van der Waals surface area contributed by atoms with Gasteiger partial charge in [0.25, 0.3) is 0 Å². The summed E-state index contributed by atoms with van der Waals surface area (Å²) in [6.07, 6.45) is 0.764. The lowest BCUT2D eigenvalue weighted by Crippen LogP contribution is -2.30. The quantitative estimate of drug-likeness (QED) is 0.614. The van der Waals surface area contributed by atoms with Crippen molar-refractivity contribution in [2.45, 2.75) is 19.4 Å². The van der Waals surface area contributed by atoms with Gasteiger partial charge in [-0.25, -0.2) is 0 Å². The molecule has 0 fully saturated rings. The van der Waals surface area contributed by atoms with Gasteiger partial charge in [-0.2, -0.15) is 0 Å². The molecule has 2 rings (SSSR count). The van der Waals surface area contributed by atoms with Crippen molar-refractivity contribution in [3.8, 4) is 5.75 Å². The highest BCUT2D eigenvalue weighted by Crippen LogP contribution is 2.29. The van der Waals surface area contributed by atoms with E-state index in [1.54, 1.807) is 7.11 Å². The van der Waals surface area contributed by atoms with Crippen molar-refractivity contribution in [3.05, 3.63) is 62.6 Å². The summed E-state index contributed by atoms with van der Waals surface area (Å²) in [5.41, 5.74) is 6.19. The fraction of sp³-hybridized carbons (Fsp3) is 0.250. The number of nitrogens with one attached hydrogen (secondary N) is 1. The SMILES string of the molecule is COc1ccc(CC(NN)c2cccc(Cl)c2C)cc1Br. The van der Waals surface area contributed by atoms with Crippen LogP contribution in [0.5, 0.6) is 5.75 Å². The van der Waals surface area contributed by atoms with Crippen LogP contribution in [0.4, 0.5) is 0 Å². The Hall–Kier alpha value is -1.07.